The Balaban J connectivity index is 1.78. The summed E-state index contributed by atoms with van der Waals surface area (Å²) in [4.78, 5) is 4.78. The number of benzene rings is 1. The summed E-state index contributed by atoms with van der Waals surface area (Å²) < 4.78 is 5.62. The van der Waals surface area contributed by atoms with Crippen LogP contribution in [-0.2, 0) is 0 Å². The Morgan fingerprint density at radius 1 is 1.10 bits per heavy atom. The van der Waals surface area contributed by atoms with Crippen LogP contribution in [0.25, 0.3) is 0 Å². The van der Waals surface area contributed by atoms with E-state index in [1.54, 1.807) is 0 Å². The molecule has 0 amide bonds. The summed E-state index contributed by atoms with van der Waals surface area (Å²) >= 11 is 0. The molecule has 0 aromatic heterocycles. The van der Waals surface area contributed by atoms with Crippen LogP contribution in [0, 0.1) is 0 Å². The molecule has 1 heterocycles. The number of aliphatic hydroxyl groups is 1. The van der Waals surface area contributed by atoms with Crippen molar-refractivity contribution in [1.82, 2.24) is 9.80 Å². The van der Waals surface area contributed by atoms with Gasteiger partial charge in [0, 0.05) is 32.7 Å². The topological polar surface area (TPSA) is 35.9 Å². The zero-order valence-electron chi connectivity index (χ0n) is 13.5. The van der Waals surface area contributed by atoms with E-state index in [0.29, 0.717) is 0 Å². The monoisotopic (exact) mass is 292 g/mol. The van der Waals surface area contributed by atoms with E-state index < -0.39 is 6.10 Å². The van der Waals surface area contributed by atoms with Crippen LogP contribution in [0.1, 0.15) is 31.9 Å². The third kappa shape index (κ3) is 5.30. The Kier molecular flexibility index (Phi) is 6.03. The van der Waals surface area contributed by atoms with Gasteiger partial charge in [-0.2, -0.15) is 0 Å². The second kappa shape index (κ2) is 7.78. The molecule has 0 bridgehead atoms. The highest BCUT2D eigenvalue weighted by Gasteiger charge is 2.15. The molecule has 1 aliphatic rings. The maximum Gasteiger partial charge on any atom is 0.119 e. The zero-order chi connectivity index (χ0) is 15.2. The molecule has 1 N–H and O–H groups in total. The molecule has 0 aliphatic carbocycles. The summed E-state index contributed by atoms with van der Waals surface area (Å²) in [5, 5.41) is 10.3. The first-order valence-electron chi connectivity index (χ1n) is 7.90. The van der Waals surface area contributed by atoms with Gasteiger partial charge in [-0.1, -0.05) is 12.1 Å². The fraction of sp³-hybridized carbons (Fsp3) is 0.647. The molecule has 0 saturated carbocycles. The molecule has 0 spiro atoms. The van der Waals surface area contributed by atoms with E-state index in [2.05, 4.69) is 16.8 Å². The Bertz CT molecular complexity index is 411. The molecule has 118 valence electrons. The predicted octanol–water partition coefficient (Wildman–Crippen LogP) is 2.14. The maximum atomic E-state index is 10.3. The average Bonchev–Trinajstić information content (AvgIpc) is 2.46. The molecule has 4 heteroatoms. The SMILES string of the molecule is CC(C)Oc1ccc(C(O)CCN2CCN(C)CC2)cc1. The molecule has 1 unspecified atom stereocenters. The van der Waals surface area contributed by atoms with Crippen molar-refractivity contribution >= 4 is 0 Å². The van der Waals surface area contributed by atoms with Crippen molar-refractivity contribution < 1.29 is 9.84 Å². The first kappa shape index (κ1) is 16.3. The van der Waals surface area contributed by atoms with Crippen molar-refractivity contribution in [1.29, 1.82) is 0 Å². The lowest BCUT2D eigenvalue weighted by Gasteiger charge is -2.32. The molecule has 1 fully saturated rings. The first-order chi connectivity index (χ1) is 10.0. The van der Waals surface area contributed by atoms with E-state index in [-0.39, 0.29) is 6.10 Å². The lowest BCUT2D eigenvalue weighted by molar-refractivity contribution is 0.113. The fourth-order valence-electron chi connectivity index (χ4n) is 2.58. The normalized spacial score (nSPS) is 18.9. The van der Waals surface area contributed by atoms with Gasteiger partial charge in [-0.15, -0.1) is 0 Å². The molecular formula is C17H28N2O2. The molecule has 1 aromatic carbocycles. The van der Waals surface area contributed by atoms with E-state index in [0.717, 1.165) is 50.5 Å². The third-order valence-electron chi connectivity index (χ3n) is 3.95. The van der Waals surface area contributed by atoms with Crippen molar-refractivity contribution in [2.75, 3.05) is 39.8 Å². The quantitative estimate of drug-likeness (QED) is 0.871. The summed E-state index contributed by atoms with van der Waals surface area (Å²) in [6.45, 7) is 9.43. The van der Waals surface area contributed by atoms with E-state index in [4.69, 9.17) is 4.74 Å². The summed E-state index contributed by atoms with van der Waals surface area (Å²) in [5.74, 6) is 0.861. The van der Waals surface area contributed by atoms with Gasteiger partial charge in [0.1, 0.15) is 5.75 Å². The number of nitrogens with zero attached hydrogens (tertiary/aromatic N) is 2. The molecule has 1 aromatic rings. The van der Waals surface area contributed by atoms with Crippen LogP contribution in [0.5, 0.6) is 5.75 Å². The average molecular weight is 292 g/mol. The molecule has 0 radical (unpaired) electrons. The van der Waals surface area contributed by atoms with Crippen molar-refractivity contribution in [2.24, 2.45) is 0 Å². The number of hydrogen-bond donors (Lipinski definition) is 1. The Morgan fingerprint density at radius 2 is 1.71 bits per heavy atom. The molecule has 21 heavy (non-hydrogen) atoms. The van der Waals surface area contributed by atoms with Crippen LogP contribution in [-0.4, -0.2) is 60.8 Å². The Morgan fingerprint density at radius 3 is 2.29 bits per heavy atom. The van der Waals surface area contributed by atoms with Crippen LogP contribution >= 0.6 is 0 Å². The standard InChI is InChI=1S/C17H28N2O2/c1-14(2)21-16-6-4-15(5-7-16)17(20)8-9-19-12-10-18(3)11-13-19/h4-7,14,17,20H,8-13H2,1-3H3. The summed E-state index contributed by atoms with van der Waals surface area (Å²) in [6, 6.07) is 7.81. The van der Waals surface area contributed by atoms with Crippen LogP contribution in [0.3, 0.4) is 0 Å². The lowest BCUT2D eigenvalue weighted by atomic mass is 10.1. The minimum atomic E-state index is -0.391. The van der Waals surface area contributed by atoms with Gasteiger partial charge in [0.2, 0.25) is 0 Å². The molecule has 1 saturated heterocycles. The highest BCUT2D eigenvalue weighted by molar-refractivity contribution is 5.28. The maximum absolute atomic E-state index is 10.3. The van der Waals surface area contributed by atoms with Gasteiger partial charge < -0.3 is 19.6 Å². The van der Waals surface area contributed by atoms with Gasteiger partial charge in [0.05, 0.1) is 12.2 Å². The van der Waals surface area contributed by atoms with Gasteiger partial charge in [-0.25, -0.2) is 0 Å². The van der Waals surface area contributed by atoms with Crippen molar-refractivity contribution in [3.8, 4) is 5.75 Å². The van der Waals surface area contributed by atoms with Gasteiger partial charge in [-0.05, 0) is 45.0 Å². The van der Waals surface area contributed by atoms with E-state index >= 15 is 0 Å². The lowest BCUT2D eigenvalue weighted by Crippen LogP contribution is -2.44. The number of likely N-dealkylation sites (N-methyl/N-ethyl adjacent to an activating group) is 1. The molecule has 4 nitrogen and oxygen atoms in total. The second-order valence-electron chi connectivity index (χ2n) is 6.19. The van der Waals surface area contributed by atoms with Crippen LogP contribution in [0.4, 0.5) is 0 Å². The first-order valence-corrected chi connectivity index (χ1v) is 7.90. The molecule has 2 rings (SSSR count). The van der Waals surface area contributed by atoms with Crippen molar-refractivity contribution in [2.45, 2.75) is 32.5 Å². The third-order valence-corrected chi connectivity index (χ3v) is 3.95. The highest BCUT2D eigenvalue weighted by atomic mass is 16.5. The molecule has 1 aliphatic heterocycles. The van der Waals surface area contributed by atoms with Crippen LogP contribution in [0.2, 0.25) is 0 Å². The Hall–Kier alpha value is -1.10. The van der Waals surface area contributed by atoms with Gasteiger partial charge >= 0.3 is 0 Å². The number of hydrogen-bond acceptors (Lipinski definition) is 4. The van der Waals surface area contributed by atoms with Crippen molar-refractivity contribution in [3.05, 3.63) is 29.8 Å². The summed E-state index contributed by atoms with van der Waals surface area (Å²) in [5.41, 5.74) is 0.972. The zero-order valence-corrected chi connectivity index (χ0v) is 13.5. The largest absolute Gasteiger partial charge is 0.491 e. The minimum absolute atomic E-state index is 0.179. The summed E-state index contributed by atoms with van der Waals surface area (Å²) in [7, 11) is 2.16. The van der Waals surface area contributed by atoms with Crippen molar-refractivity contribution in [3.63, 3.8) is 0 Å². The fourth-order valence-corrected chi connectivity index (χ4v) is 2.58. The minimum Gasteiger partial charge on any atom is -0.491 e. The predicted molar refractivity (Wildman–Crippen MR) is 85.7 cm³/mol. The van der Waals surface area contributed by atoms with Gasteiger partial charge in [-0.3, -0.25) is 0 Å². The van der Waals surface area contributed by atoms with E-state index in [1.165, 1.54) is 0 Å². The van der Waals surface area contributed by atoms with Gasteiger partial charge in [0.15, 0.2) is 0 Å². The number of ether oxygens (including phenoxy) is 1. The van der Waals surface area contributed by atoms with E-state index in [9.17, 15) is 5.11 Å². The Labute approximate surface area is 128 Å². The van der Waals surface area contributed by atoms with Crippen LogP contribution in [0.15, 0.2) is 24.3 Å². The molecule has 1 atom stereocenters. The molecular weight excluding hydrogens is 264 g/mol. The smallest absolute Gasteiger partial charge is 0.119 e. The number of rotatable bonds is 6. The van der Waals surface area contributed by atoms with Gasteiger partial charge in [0.25, 0.3) is 0 Å². The highest BCUT2D eigenvalue weighted by Crippen LogP contribution is 2.21. The summed E-state index contributed by atoms with van der Waals surface area (Å²) in [6.07, 6.45) is 0.574. The van der Waals surface area contributed by atoms with Crippen LogP contribution < -0.4 is 4.74 Å². The van der Waals surface area contributed by atoms with E-state index in [1.807, 2.05) is 38.1 Å². The number of piperazine rings is 1. The number of aliphatic hydroxyl groups excluding tert-OH is 1. The second-order valence-corrected chi connectivity index (χ2v) is 6.19.